The van der Waals surface area contributed by atoms with E-state index in [2.05, 4.69) is 29.2 Å². The van der Waals surface area contributed by atoms with Crippen LogP contribution in [0.3, 0.4) is 0 Å². The van der Waals surface area contributed by atoms with Crippen molar-refractivity contribution in [3.8, 4) is 0 Å². The fourth-order valence-corrected chi connectivity index (χ4v) is 3.89. The zero-order chi connectivity index (χ0) is 32.4. The molecule has 1 amide bonds. The number of carbonyl (C=O) groups excluding carboxylic acids is 1. The monoisotopic (exact) mass is 737 g/mol. The van der Waals surface area contributed by atoms with Gasteiger partial charge in [-0.3, -0.25) is 19.7 Å². The summed E-state index contributed by atoms with van der Waals surface area (Å²) in [5, 5.41) is 46.5. The van der Waals surface area contributed by atoms with Crippen LogP contribution >= 0.6 is 0 Å². The van der Waals surface area contributed by atoms with Gasteiger partial charge in [0.2, 0.25) is 5.91 Å². The van der Waals surface area contributed by atoms with Gasteiger partial charge in [-0.1, -0.05) is 48.5 Å². The molecule has 0 aliphatic rings. The molecule has 2 aromatic heterocycles. The maximum atomic E-state index is 12.9. The van der Waals surface area contributed by atoms with E-state index >= 15 is 0 Å². The van der Waals surface area contributed by atoms with Crippen LogP contribution in [0.5, 0.6) is 0 Å². The first-order chi connectivity index (χ1) is 20.4. The molecule has 0 saturated carbocycles. The number of rotatable bonds is 8. The summed E-state index contributed by atoms with van der Waals surface area (Å²) in [6.45, 7) is 6.98. The molecule has 0 spiro atoms. The Morgan fingerprint density at radius 3 is 1.32 bits per heavy atom. The van der Waals surface area contributed by atoms with Gasteiger partial charge in [0.25, 0.3) is 0 Å². The Hall–Kier alpha value is -4.52. The summed E-state index contributed by atoms with van der Waals surface area (Å²) in [7, 11) is 0. The second-order valence-electron chi connectivity index (χ2n) is 8.37. The van der Waals surface area contributed by atoms with E-state index in [0.717, 1.165) is 33.2 Å². The molecule has 2 heterocycles. The minimum Gasteiger partial charge on any atom is -0.356 e. The van der Waals surface area contributed by atoms with Gasteiger partial charge < -0.3 is 50.9 Å². The number of pyridine rings is 2. The molecule has 0 radical (unpaired) electrons. The fraction of sp³-hybridized carbons (Fsp3) is 0.269. The number of benzene rings is 2. The Morgan fingerprint density at radius 2 is 0.977 bits per heavy atom. The molecule has 0 aliphatic heterocycles. The molecule has 2 aromatic carbocycles. The molecule has 0 saturated heterocycles. The third-order valence-corrected chi connectivity index (χ3v) is 5.56. The van der Waals surface area contributed by atoms with Crippen molar-refractivity contribution in [2.24, 2.45) is 0 Å². The molecule has 0 N–H and O–H groups in total. The largest absolute Gasteiger partial charge is 3.00 e. The first-order valence-corrected chi connectivity index (χ1v) is 12.5. The minimum atomic E-state index is -1.75. The zero-order valence-corrected chi connectivity index (χ0v) is 27.4. The normalized spacial score (nSPS) is 9.61. The number of para-hydroxylation sites is 2. The van der Waals surface area contributed by atoms with E-state index in [1.807, 2.05) is 67.3 Å². The third-order valence-electron chi connectivity index (χ3n) is 5.56. The van der Waals surface area contributed by atoms with Gasteiger partial charge in [0, 0.05) is 37.0 Å². The molecule has 0 aliphatic carbocycles. The molecule has 0 fully saturated rings. The number of nitrogens with zero attached hydrogens (tertiary/aromatic N) is 7. The standard InChI is InChI=1S/C26H28N4O.La.3NO3/c1-3-30(4-2)26(31)19-29(17-22-15-13-20-9-5-7-11-24(20)27-22)18-23-16-14-21-10-6-8-12-25(21)28-23;;3*2-1(3)4/h5-16H,3-4,17-19H2,1-2H3;;;;/q;+3;3*-1. The van der Waals surface area contributed by atoms with Gasteiger partial charge in [0.05, 0.1) is 44.2 Å². The second-order valence-corrected chi connectivity index (χ2v) is 8.37. The first-order valence-electron chi connectivity index (χ1n) is 12.5. The van der Waals surface area contributed by atoms with Gasteiger partial charge in [-0.25, -0.2) is 0 Å². The van der Waals surface area contributed by atoms with Gasteiger partial charge in [-0.15, -0.1) is 0 Å². The summed E-state index contributed by atoms with van der Waals surface area (Å²) in [6.07, 6.45) is 0. The van der Waals surface area contributed by atoms with Crippen molar-refractivity contribution in [1.82, 2.24) is 19.8 Å². The molecular weight excluding hydrogens is 709 g/mol. The summed E-state index contributed by atoms with van der Waals surface area (Å²) < 4.78 is 0. The van der Waals surface area contributed by atoms with E-state index in [1.54, 1.807) is 0 Å². The van der Waals surface area contributed by atoms with Crippen LogP contribution in [0.2, 0.25) is 0 Å². The molecular formula is C26H28LaN7O10. The molecule has 0 unspecified atom stereocenters. The SMILES string of the molecule is CCN(CC)C(=O)CN(Cc1ccc2ccccc2n1)Cc1ccc2ccccc2n1.O=[N+]([O-])[O-].O=[N+]([O-])[O-].O=[N+]([O-])[O-].[La+3]. The smallest absolute Gasteiger partial charge is 0.356 e. The number of aromatic nitrogens is 2. The molecule has 4 rings (SSSR count). The Balaban J connectivity index is 0.00000122. The number of hydrogen-bond donors (Lipinski definition) is 0. The number of amides is 1. The van der Waals surface area contributed by atoms with E-state index < -0.39 is 15.3 Å². The summed E-state index contributed by atoms with van der Waals surface area (Å²) in [4.78, 5) is 51.2. The number of carbonyl (C=O) groups is 1. The topological polar surface area (TPSA) is 248 Å². The second kappa shape index (κ2) is 21.2. The molecule has 44 heavy (non-hydrogen) atoms. The van der Waals surface area contributed by atoms with Gasteiger partial charge in [0.1, 0.15) is 0 Å². The van der Waals surface area contributed by atoms with Gasteiger partial charge in [0.15, 0.2) is 0 Å². The van der Waals surface area contributed by atoms with Crippen molar-refractivity contribution in [1.29, 1.82) is 0 Å². The summed E-state index contributed by atoms with van der Waals surface area (Å²) in [5.74, 6) is 0.131. The Kier molecular flexibility index (Phi) is 19.0. The van der Waals surface area contributed by atoms with E-state index in [9.17, 15) is 4.79 Å². The van der Waals surface area contributed by atoms with E-state index in [-0.39, 0.29) is 41.5 Å². The number of fused-ring (bicyclic) bond motifs is 2. The van der Waals surface area contributed by atoms with Crippen molar-refractivity contribution in [2.75, 3.05) is 19.6 Å². The van der Waals surface area contributed by atoms with Crippen molar-refractivity contribution in [3.63, 3.8) is 0 Å². The quantitative estimate of drug-likeness (QED) is 0.184. The van der Waals surface area contributed by atoms with Crippen LogP contribution in [0.4, 0.5) is 0 Å². The fourth-order valence-electron chi connectivity index (χ4n) is 3.89. The third kappa shape index (κ3) is 16.2. The molecule has 0 atom stereocenters. The van der Waals surface area contributed by atoms with Gasteiger partial charge in [-0.05, 0) is 38.1 Å². The summed E-state index contributed by atoms with van der Waals surface area (Å²) >= 11 is 0. The molecule has 230 valence electrons. The molecule has 0 bridgehead atoms. The van der Waals surface area contributed by atoms with Crippen LogP contribution in [-0.4, -0.2) is 60.6 Å². The maximum Gasteiger partial charge on any atom is 3.00 e. The van der Waals surface area contributed by atoms with Crippen LogP contribution in [0.15, 0.2) is 72.8 Å². The Bertz CT molecular complexity index is 1390. The van der Waals surface area contributed by atoms with Crippen molar-refractivity contribution >= 4 is 27.7 Å². The maximum absolute atomic E-state index is 12.9. The van der Waals surface area contributed by atoms with Crippen molar-refractivity contribution < 1.29 is 55.7 Å². The average molecular weight is 737 g/mol. The predicted molar refractivity (Wildman–Crippen MR) is 157 cm³/mol. The van der Waals surface area contributed by atoms with Crippen LogP contribution in [0.25, 0.3) is 21.8 Å². The molecule has 18 heteroatoms. The predicted octanol–water partition coefficient (Wildman–Crippen LogP) is 3.94. The summed E-state index contributed by atoms with van der Waals surface area (Å²) in [6, 6.07) is 24.5. The van der Waals surface area contributed by atoms with Crippen LogP contribution in [-0.2, 0) is 17.9 Å². The van der Waals surface area contributed by atoms with E-state index in [0.29, 0.717) is 32.7 Å². The molecule has 4 aromatic rings. The van der Waals surface area contributed by atoms with E-state index in [1.165, 1.54) is 0 Å². The van der Waals surface area contributed by atoms with Gasteiger partial charge in [-0.2, -0.15) is 0 Å². The zero-order valence-electron chi connectivity index (χ0n) is 23.8. The van der Waals surface area contributed by atoms with Crippen molar-refractivity contribution in [3.05, 3.63) is 130 Å². The summed E-state index contributed by atoms with van der Waals surface area (Å²) in [5.41, 5.74) is 3.84. The van der Waals surface area contributed by atoms with Crippen LogP contribution in [0.1, 0.15) is 25.2 Å². The first kappa shape index (κ1) is 39.5. The van der Waals surface area contributed by atoms with E-state index in [4.69, 9.17) is 55.9 Å². The number of hydrogen-bond acceptors (Lipinski definition) is 13. The van der Waals surface area contributed by atoms with Crippen LogP contribution in [0, 0.1) is 81.6 Å². The Labute approximate surface area is 278 Å². The average Bonchev–Trinajstić information content (AvgIpc) is 2.92. The Morgan fingerprint density at radius 1 is 0.636 bits per heavy atom. The number of likely N-dealkylation sites (N-methyl/N-ethyl adjacent to an activating group) is 1. The minimum absolute atomic E-state index is 0. The van der Waals surface area contributed by atoms with Crippen molar-refractivity contribution in [2.45, 2.75) is 26.9 Å². The van der Waals surface area contributed by atoms with Crippen LogP contribution < -0.4 is 0 Å². The van der Waals surface area contributed by atoms with Gasteiger partial charge >= 0.3 is 35.6 Å². The molecule has 17 nitrogen and oxygen atoms in total.